The molecule has 3 aromatic carbocycles. The van der Waals surface area contributed by atoms with Crippen LogP contribution in [0.25, 0.3) is 22.2 Å². The van der Waals surface area contributed by atoms with Gasteiger partial charge in [0.2, 0.25) is 0 Å². The van der Waals surface area contributed by atoms with Gasteiger partial charge in [-0.2, -0.15) is 0 Å². The van der Waals surface area contributed by atoms with Crippen molar-refractivity contribution in [1.29, 1.82) is 0 Å². The molecule has 0 bridgehead atoms. The molecule has 31 heavy (non-hydrogen) atoms. The van der Waals surface area contributed by atoms with Gasteiger partial charge in [0.05, 0.1) is 28.0 Å². The van der Waals surface area contributed by atoms with Gasteiger partial charge in [0.15, 0.2) is 0 Å². The lowest BCUT2D eigenvalue weighted by molar-refractivity contribution is 0.100. The Kier molecular flexibility index (Phi) is 5.26. The van der Waals surface area contributed by atoms with Crippen LogP contribution in [-0.4, -0.2) is 16.8 Å². The fourth-order valence-electron chi connectivity index (χ4n) is 3.82. The first kappa shape index (κ1) is 20.3. The van der Waals surface area contributed by atoms with Crippen molar-refractivity contribution in [3.05, 3.63) is 94.5 Å². The first-order chi connectivity index (χ1) is 14.8. The fraction of sp³-hybridized carbons (Fsp3) is 0.115. The smallest absolute Gasteiger partial charge is 0.256 e. The lowest BCUT2D eigenvalue weighted by Gasteiger charge is -2.14. The summed E-state index contributed by atoms with van der Waals surface area (Å²) in [4.78, 5) is 30.0. The summed E-state index contributed by atoms with van der Waals surface area (Å²) < 4.78 is 0. The highest BCUT2D eigenvalue weighted by molar-refractivity contribution is 6.15. The van der Waals surface area contributed by atoms with Crippen LogP contribution in [0.4, 0.5) is 5.69 Å². The minimum Gasteiger partial charge on any atom is -0.366 e. The second-order valence-corrected chi connectivity index (χ2v) is 7.71. The van der Waals surface area contributed by atoms with Crippen molar-refractivity contribution in [3.8, 4) is 11.3 Å². The van der Waals surface area contributed by atoms with Crippen LogP contribution >= 0.6 is 0 Å². The van der Waals surface area contributed by atoms with Gasteiger partial charge in [-0.05, 0) is 50.1 Å². The maximum atomic E-state index is 13.3. The number of primary amides is 1. The average molecular weight is 409 g/mol. The third-order valence-electron chi connectivity index (χ3n) is 5.38. The topological polar surface area (TPSA) is 85.1 Å². The number of nitrogens with zero attached hydrogens (tertiary/aromatic N) is 1. The average Bonchev–Trinajstić information content (AvgIpc) is 2.73. The minimum absolute atomic E-state index is 0.264. The standard InChI is InChI=1S/C26H23N3O2/c1-15-11-12-18(17(3)13-15)23-14-21(19-9-6-7-16(2)24(19)28-23)26(31)29-22-10-5-4-8-20(22)25(27)30/h4-14H,1-3H3,(H2,27,30)(H,29,31). The molecule has 0 unspecified atom stereocenters. The van der Waals surface area contributed by atoms with Gasteiger partial charge >= 0.3 is 0 Å². The van der Waals surface area contributed by atoms with E-state index >= 15 is 0 Å². The summed E-state index contributed by atoms with van der Waals surface area (Å²) in [5.74, 6) is -0.917. The Balaban J connectivity index is 1.88. The summed E-state index contributed by atoms with van der Waals surface area (Å²) in [5.41, 5.74) is 12.3. The molecule has 0 fully saturated rings. The normalized spacial score (nSPS) is 10.8. The van der Waals surface area contributed by atoms with Gasteiger partial charge in [0.1, 0.15) is 0 Å². The van der Waals surface area contributed by atoms with Crippen molar-refractivity contribution < 1.29 is 9.59 Å². The predicted octanol–water partition coefficient (Wildman–Crippen LogP) is 5.18. The van der Waals surface area contributed by atoms with Crippen LogP contribution in [0.15, 0.2) is 66.7 Å². The molecular formula is C26H23N3O2. The van der Waals surface area contributed by atoms with Crippen molar-refractivity contribution in [2.75, 3.05) is 5.32 Å². The number of carbonyl (C=O) groups is 2. The summed E-state index contributed by atoms with van der Waals surface area (Å²) >= 11 is 0. The number of aryl methyl sites for hydroxylation is 3. The summed E-state index contributed by atoms with van der Waals surface area (Å²) in [6, 6.07) is 20.5. The molecule has 5 nitrogen and oxygen atoms in total. The molecule has 4 aromatic rings. The van der Waals surface area contributed by atoms with E-state index in [0.717, 1.165) is 33.3 Å². The van der Waals surface area contributed by atoms with Crippen LogP contribution in [0, 0.1) is 20.8 Å². The quantitative estimate of drug-likeness (QED) is 0.487. The number of para-hydroxylation sites is 2. The molecule has 4 rings (SSSR count). The van der Waals surface area contributed by atoms with E-state index in [-0.39, 0.29) is 11.5 Å². The number of anilines is 1. The summed E-state index contributed by atoms with van der Waals surface area (Å²) in [5, 5.41) is 3.61. The molecule has 0 spiro atoms. The van der Waals surface area contributed by atoms with Gasteiger partial charge in [-0.1, -0.05) is 54.1 Å². The Morgan fingerprint density at radius 2 is 1.61 bits per heavy atom. The molecule has 0 saturated carbocycles. The number of pyridine rings is 1. The fourth-order valence-corrected chi connectivity index (χ4v) is 3.82. The van der Waals surface area contributed by atoms with Crippen LogP contribution in [0.1, 0.15) is 37.4 Å². The van der Waals surface area contributed by atoms with Gasteiger partial charge < -0.3 is 11.1 Å². The van der Waals surface area contributed by atoms with Crippen LogP contribution in [0.3, 0.4) is 0 Å². The summed E-state index contributed by atoms with van der Waals surface area (Å²) in [6.07, 6.45) is 0. The highest BCUT2D eigenvalue weighted by Crippen LogP contribution is 2.30. The number of hydrogen-bond acceptors (Lipinski definition) is 3. The predicted molar refractivity (Wildman–Crippen MR) is 124 cm³/mol. The maximum Gasteiger partial charge on any atom is 0.256 e. The van der Waals surface area contributed by atoms with E-state index < -0.39 is 5.91 Å². The maximum absolute atomic E-state index is 13.3. The molecule has 0 aliphatic carbocycles. The van der Waals surface area contributed by atoms with Crippen molar-refractivity contribution in [2.45, 2.75) is 20.8 Å². The van der Waals surface area contributed by atoms with Gasteiger partial charge in [0, 0.05) is 10.9 Å². The van der Waals surface area contributed by atoms with E-state index in [2.05, 4.69) is 11.4 Å². The third kappa shape index (κ3) is 3.90. The molecule has 154 valence electrons. The number of amides is 2. The molecule has 3 N–H and O–H groups in total. The molecular weight excluding hydrogens is 386 g/mol. The number of nitrogens with two attached hydrogens (primary N) is 1. The van der Waals surface area contributed by atoms with Crippen molar-refractivity contribution in [3.63, 3.8) is 0 Å². The lowest BCUT2D eigenvalue weighted by Crippen LogP contribution is -2.18. The van der Waals surface area contributed by atoms with E-state index in [1.807, 2.05) is 57.2 Å². The molecule has 1 aromatic heterocycles. The Hall–Kier alpha value is -3.99. The number of benzene rings is 3. The zero-order chi connectivity index (χ0) is 22.1. The Morgan fingerprint density at radius 3 is 2.35 bits per heavy atom. The number of nitrogens with one attached hydrogen (secondary N) is 1. The van der Waals surface area contributed by atoms with Gasteiger partial charge in [-0.15, -0.1) is 0 Å². The molecule has 0 aliphatic rings. The zero-order valence-electron chi connectivity index (χ0n) is 17.7. The van der Waals surface area contributed by atoms with E-state index in [4.69, 9.17) is 10.7 Å². The molecule has 0 radical (unpaired) electrons. The molecule has 5 heteroatoms. The number of fused-ring (bicyclic) bond motifs is 1. The van der Waals surface area contributed by atoms with Crippen molar-refractivity contribution in [2.24, 2.45) is 5.73 Å². The van der Waals surface area contributed by atoms with Gasteiger partial charge in [-0.3, -0.25) is 9.59 Å². The summed E-state index contributed by atoms with van der Waals surface area (Å²) in [7, 11) is 0. The van der Waals surface area contributed by atoms with E-state index in [1.54, 1.807) is 24.3 Å². The van der Waals surface area contributed by atoms with E-state index in [9.17, 15) is 9.59 Å². The van der Waals surface area contributed by atoms with E-state index in [0.29, 0.717) is 11.3 Å². The summed E-state index contributed by atoms with van der Waals surface area (Å²) in [6.45, 7) is 6.06. The molecule has 1 heterocycles. The van der Waals surface area contributed by atoms with Crippen molar-refractivity contribution >= 4 is 28.4 Å². The number of aromatic nitrogens is 1. The van der Waals surface area contributed by atoms with Crippen LogP contribution in [0.2, 0.25) is 0 Å². The molecule has 0 saturated heterocycles. The minimum atomic E-state index is -0.595. The second-order valence-electron chi connectivity index (χ2n) is 7.71. The Bertz CT molecular complexity index is 1340. The van der Waals surface area contributed by atoms with Gasteiger partial charge in [0.25, 0.3) is 11.8 Å². The van der Waals surface area contributed by atoms with Crippen molar-refractivity contribution in [1.82, 2.24) is 4.98 Å². The first-order valence-electron chi connectivity index (χ1n) is 10.0. The highest BCUT2D eigenvalue weighted by Gasteiger charge is 2.18. The first-order valence-corrected chi connectivity index (χ1v) is 10.0. The lowest BCUT2D eigenvalue weighted by atomic mass is 9.98. The SMILES string of the molecule is Cc1ccc(-c2cc(C(=O)Nc3ccccc3C(N)=O)c3cccc(C)c3n2)c(C)c1. The third-order valence-corrected chi connectivity index (χ3v) is 5.38. The highest BCUT2D eigenvalue weighted by atomic mass is 16.2. The largest absolute Gasteiger partial charge is 0.366 e. The number of carbonyl (C=O) groups excluding carboxylic acids is 2. The zero-order valence-corrected chi connectivity index (χ0v) is 17.7. The molecule has 0 aliphatic heterocycles. The molecule has 0 atom stereocenters. The monoisotopic (exact) mass is 409 g/mol. The Labute approximate surface area is 180 Å². The number of hydrogen-bond donors (Lipinski definition) is 2. The van der Waals surface area contributed by atoms with Crippen LogP contribution in [0.5, 0.6) is 0 Å². The number of rotatable bonds is 4. The van der Waals surface area contributed by atoms with Crippen LogP contribution in [-0.2, 0) is 0 Å². The second kappa shape index (κ2) is 8.03. The van der Waals surface area contributed by atoms with E-state index in [1.165, 1.54) is 5.56 Å². The van der Waals surface area contributed by atoms with Gasteiger partial charge in [-0.25, -0.2) is 4.98 Å². The Morgan fingerprint density at radius 1 is 0.839 bits per heavy atom. The van der Waals surface area contributed by atoms with Crippen LogP contribution < -0.4 is 11.1 Å². The molecule has 2 amide bonds.